The minimum Gasteiger partial charge on any atom is -0.484 e. The van der Waals surface area contributed by atoms with Crippen molar-refractivity contribution < 1.29 is 4.74 Å². The van der Waals surface area contributed by atoms with Gasteiger partial charge in [-0.3, -0.25) is 0 Å². The van der Waals surface area contributed by atoms with Crippen molar-refractivity contribution in [3.63, 3.8) is 0 Å². The van der Waals surface area contributed by atoms with E-state index >= 15 is 0 Å². The third kappa shape index (κ3) is 4.32. The molecule has 0 fully saturated rings. The molecule has 0 spiro atoms. The SMILES string of the molecule is CC(N)C(Oc1ccc(CC#N)cc1)c1cccc(Br)c1. The Labute approximate surface area is 133 Å². The smallest absolute Gasteiger partial charge is 0.138 e. The quantitative estimate of drug-likeness (QED) is 0.892. The fraction of sp³-hybridized carbons (Fsp3) is 0.235. The van der Waals surface area contributed by atoms with Crippen molar-refractivity contribution in [3.8, 4) is 11.8 Å². The first-order valence-electron chi connectivity index (χ1n) is 6.73. The van der Waals surface area contributed by atoms with Crippen LogP contribution < -0.4 is 10.5 Å². The van der Waals surface area contributed by atoms with E-state index in [4.69, 9.17) is 15.7 Å². The maximum atomic E-state index is 8.68. The zero-order valence-electron chi connectivity index (χ0n) is 11.8. The number of nitrogens with two attached hydrogens (primary N) is 1. The first-order chi connectivity index (χ1) is 10.1. The predicted molar refractivity (Wildman–Crippen MR) is 86.9 cm³/mol. The number of halogens is 1. The number of nitrogens with zero attached hydrogens (tertiary/aromatic N) is 1. The molecular formula is C17H17BrN2O. The van der Waals surface area contributed by atoms with Crippen molar-refractivity contribution in [1.82, 2.24) is 0 Å². The van der Waals surface area contributed by atoms with Crippen molar-refractivity contribution in [2.45, 2.75) is 25.5 Å². The summed E-state index contributed by atoms with van der Waals surface area (Å²) in [7, 11) is 0. The lowest BCUT2D eigenvalue weighted by Gasteiger charge is -2.23. The monoisotopic (exact) mass is 344 g/mol. The Kier molecular flexibility index (Phi) is 5.38. The minimum atomic E-state index is -0.218. The highest BCUT2D eigenvalue weighted by Crippen LogP contribution is 2.26. The summed E-state index contributed by atoms with van der Waals surface area (Å²) in [6, 6.07) is 17.5. The molecule has 0 saturated heterocycles. The van der Waals surface area contributed by atoms with Crippen LogP contribution in [0.1, 0.15) is 24.2 Å². The molecule has 2 aromatic rings. The summed E-state index contributed by atoms with van der Waals surface area (Å²) >= 11 is 3.46. The van der Waals surface area contributed by atoms with E-state index in [1.54, 1.807) is 0 Å². The van der Waals surface area contributed by atoms with E-state index in [-0.39, 0.29) is 12.1 Å². The predicted octanol–water partition coefficient (Wildman–Crippen LogP) is 3.98. The highest BCUT2D eigenvalue weighted by molar-refractivity contribution is 9.10. The second kappa shape index (κ2) is 7.26. The number of ether oxygens (including phenoxy) is 1. The van der Waals surface area contributed by atoms with Crippen LogP contribution in [0.5, 0.6) is 5.75 Å². The van der Waals surface area contributed by atoms with E-state index in [0.717, 1.165) is 21.3 Å². The van der Waals surface area contributed by atoms with Crippen LogP contribution >= 0.6 is 15.9 Å². The first kappa shape index (κ1) is 15.6. The van der Waals surface area contributed by atoms with Gasteiger partial charge in [-0.25, -0.2) is 0 Å². The average Bonchev–Trinajstić information content (AvgIpc) is 2.46. The highest BCUT2D eigenvalue weighted by Gasteiger charge is 2.18. The van der Waals surface area contributed by atoms with E-state index in [2.05, 4.69) is 22.0 Å². The summed E-state index contributed by atoms with van der Waals surface area (Å²) in [6.45, 7) is 1.93. The van der Waals surface area contributed by atoms with Crippen molar-refractivity contribution in [1.29, 1.82) is 5.26 Å². The van der Waals surface area contributed by atoms with E-state index in [0.29, 0.717) is 6.42 Å². The van der Waals surface area contributed by atoms with Gasteiger partial charge in [-0.15, -0.1) is 0 Å². The van der Waals surface area contributed by atoms with Crippen LogP contribution in [0.2, 0.25) is 0 Å². The van der Waals surface area contributed by atoms with Crippen molar-refractivity contribution in [2.24, 2.45) is 5.73 Å². The number of nitriles is 1. The van der Waals surface area contributed by atoms with Gasteiger partial charge in [0.2, 0.25) is 0 Å². The van der Waals surface area contributed by atoms with Crippen molar-refractivity contribution in [3.05, 3.63) is 64.1 Å². The molecule has 3 nitrogen and oxygen atoms in total. The fourth-order valence-corrected chi connectivity index (χ4v) is 2.50. The molecule has 0 aromatic heterocycles. The molecule has 0 amide bonds. The van der Waals surface area contributed by atoms with Gasteiger partial charge < -0.3 is 10.5 Å². The molecule has 0 heterocycles. The Balaban J connectivity index is 2.19. The molecule has 108 valence electrons. The molecule has 0 saturated carbocycles. The largest absolute Gasteiger partial charge is 0.484 e. The summed E-state index contributed by atoms with van der Waals surface area (Å²) in [5.74, 6) is 0.749. The van der Waals surface area contributed by atoms with Crippen LogP contribution in [-0.2, 0) is 6.42 Å². The lowest BCUT2D eigenvalue weighted by atomic mass is 10.0. The summed E-state index contributed by atoms with van der Waals surface area (Å²) in [4.78, 5) is 0. The number of hydrogen-bond donors (Lipinski definition) is 1. The van der Waals surface area contributed by atoms with Crippen LogP contribution in [0.25, 0.3) is 0 Å². The van der Waals surface area contributed by atoms with Crippen molar-refractivity contribution >= 4 is 15.9 Å². The highest BCUT2D eigenvalue weighted by atomic mass is 79.9. The van der Waals surface area contributed by atoms with Crippen LogP contribution in [-0.4, -0.2) is 6.04 Å². The van der Waals surface area contributed by atoms with Gasteiger partial charge in [0.25, 0.3) is 0 Å². The molecular weight excluding hydrogens is 328 g/mol. The molecule has 0 bridgehead atoms. The topological polar surface area (TPSA) is 59.0 Å². The summed E-state index contributed by atoms with van der Waals surface area (Å²) in [5.41, 5.74) is 8.07. The van der Waals surface area contributed by atoms with Crippen LogP contribution in [0.4, 0.5) is 0 Å². The van der Waals surface area contributed by atoms with E-state index in [9.17, 15) is 0 Å². The van der Waals surface area contributed by atoms with Crippen molar-refractivity contribution in [2.75, 3.05) is 0 Å². The third-order valence-corrected chi connectivity index (χ3v) is 3.62. The molecule has 0 aliphatic carbocycles. The van der Waals surface area contributed by atoms with Crippen LogP contribution in [0, 0.1) is 11.3 Å². The zero-order valence-corrected chi connectivity index (χ0v) is 13.4. The lowest BCUT2D eigenvalue weighted by Crippen LogP contribution is -2.29. The van der Waals surface area contributed by atoms with E-state index in [1.807, 2.05) is 55.5 Å². The number of rotatable bonds is 5. The van der Waals surface area contributed by atoms with Gasteiger partial charge >= 0.3 is 0 Å². The molecule has 2 atom stereocenters. The molecule has 21 heavy (non-hydrogen) atoms. The van der Waals surface area contributed by atoms with Gasteiger partial charge in [-0.1, -0.05) is 40.2 Å². The van der Waals surface area contributed by atoms with Crippen LogP contribution in [0.15, 0.2) is 53.0 Å². The van der Waals surface area contributed by atoms with Crippen LogP contribution in [0.3, 0.4) is 0 Å². The first-order valence-corrected chi connectivity index (χ1v) is 7.53. The van der Waals surface area contributed by atoms with Gasteiger partial charge in [0.1, 0.15) is 11.9 Å². The van der Waals surface area contributed by atoms with Gasteiger partial charge in [0.05, 0.1) is 12.5 Å². The summed E-state index contributed by atoms with van der Waals surface area (Å²) < 4.78 is 7.02. The molecule has 0 aliphatic heterocycles. The second-order valence-electron chi connectivity index (χ2n) is 4.93. The number of benzene rings is 2. The van der Waals surface area contributed by atoms with Gasteiger partial charge in [0.15, 0.2) is 0 Å². The summed E-state index contributed by atoms with van der Waals surface area (Å²) in [5, 5.41) is 8.68. The molecule has 0 aliphatic rings. The molecule has 0 radical (unpaired) electrons. The van der Waals surface area contributed by atoms with Gasteiger partial charge in [-0.2, -0.15) is 5.26 Å². The Morgan fingerprint density at radius 3 is 2.52 bits per heavy atom. The standard InChI is InChI=1S/C17H17BrN2O/c1-12(20)17(14-3-2-4-15(18)11-14)21-16-7-5-13(6-8-16)9-10-19/h2-8,11-12,17H,9,20H2,1H3. The molecule has 2 aromatic carbocycles. The Morgan fingerprint density at radius 1 is 1.24 bits per heavy atom. The average molecular weight is 345 g/mol. The van der Waals surface area contributed by atoms with E-state index in [1.165, 1.54) is 0 Å². The molecule has 2 unspecified atom stereocenters. The maximum Gasteiger partial charge on any atom is 0.138 e. The second-order valence-corrected chi connectivity index (χ2v) is 5.85. The van der Waals surface area contributed by atoms with Gasteiger partial charge in [0, 0.05) is 10.5 Å². The van der Waals surface area contributed by atoms with E-state index < -0.39 is 0 Å². The Hall–Kier alpha value is -1.83. The fourth-order valence-electron chi connectivity index (χ4n) is 2.09. The lowest BCUT2D eigenvalue weighted by molar-refractivity contribution is 0.180. The normalized spacial score (nSPS) is 13.2. The third-order valence-electron chi connectivity index (χ3n) is 3.12. The Morgan fingerprint density at radius 2 is 1.95 bits per heavy atom. The molecule has 4 heteroatoms. The minimum absolute atomic E-state index is 0.141. The Bertz CT molecular complexity index is 632. The maximum absolute atomic E-state index is 8.68. The summed E-state index contributed by atoms with van der Waals surface area (Å²) in [6.07, 6.45) is 0.187. The number of hydrogen-bond acceptors (Lipinski definition) is 3. The molecule has 2 rings (SSSR count). The molecule has 2 N–H and O–H groups in total. The zero-order chi connectivity index (χ0) is 15.2. The van der Waals surface area contributed by atoms with Gasteiger partial charge in [-0.05, 0) is 42.3 Å².